The summed E-state index contributed by atoms with van der Waals surface area (Å²) in [6, 6.07) is 8.97. The van der Waals surface area contributed by atoms with E-state index in [1.54, 1.807) is 30.6 Å². The molecule has 1 heterocycles. The monoisotopic (exact) mass is 244 g/mol. The second-order valence-electron chi connectivity index (χ2n) is 3.76. The van der Waals surface area contributed by atoms with Crippen molar-refractivity contribution in [2.24, 2.45) is 0 Å². The highest BCUT2D eigenvalue weighted by Gasteiger charge is 2.06. The van der Waals surface area contributed by atoms with Crippen LogP contribution in [-0.4, -0.2) is 10.9 Å². The Morgan fingerprint density at radius 3 is 2.82 bits per heavy atom. The summed E-state index contributed by atoms with van der Waals surface area (Å²) in [6.45, 7) is 1.93. The summed E-state index contributed by atoms with van der Waals surface area (Å²) in [5.41, 5.74) is 2.28. The SMILES string of the molecule is Cc1cncc(NC(=O)c2cccc(S)c2)c1. The molecule has 2 aromatic rings. The molecule has 0 radical (unpaired) electrons. The van der Waals surface area contributed by atoms with E-state index in [9.17, 15) is 4.79 Å². The molecule has 1 aromatic carbocycles. The van der Waals surface area contributed by atoms with Gasteiger partial charge in [0.05, 0.1) is 11.9 Å². The molecule has 0 spiro atoms. The van der Waals surface area contributed by atoms with Crippen LogP contribution in [0.1, 0.15) is 15.9 Å². The number of amides is 1. The first-order valence-electron chi connectivity index (χ1n) is 5.17. The van der Waals surface area contributed by atoms with Gasteiger partial charge in [-0.2, -0.15) is 0 Å². The van der Waals surface area contributed by atoms with Crippen molar-refractivity contribution in [3.8, 4) is 0 Å². The van der Waals surface area contributed by atoms with Gasteiger partial charge in [-0.05, 0) is 36.8 Å². The number of carbonyl (C=O) groups excluding carboxylic acids is 1. The molecule has 86 valence electrons. The molecule has 0 unspecified atom stereocenters. The molecule has 1 aromatic heterocycles. The average molecular weight is 244 g/mol. The van der Waals surface area contributed by atoms with Crippen molar-refractivity contribution in [3.05, 3.63) is 53.9 Å². The third-order valence-corrected chi connectivity index (χ3v) is 2.52. The van der Waals surface area contributed by atoms with Crippen molar-refractivity contribution in [1.82, 2.24) is 4.98 Å². The molecule has 0 saturated carbocycles. The number of aryl methyl sites for hydroxylation is 1. The highest BCUT2D eigenvalue weighted by Crippen LogP contribution is 2.12. The van der Waals surface area contributed by atoms with Crippen molar-refractivity contribution in [1.29, 1.82) is 0 Å². The van der Waals surface area contributed by atoms with E-state index in [2.05, 4.69) is 22.9 Å². The Morgan fingerprint density at radius 1 is 1.29 bits per heavy atom. The number of hydrogen-bond acceptors (Lipinski definition) is 3. The maximum absolute atomic E-state index is 11.9. The zero-order valence-electron chi connectivity index (χ0n) is 9.34. The van der Waals surface area contributed by atoms with Gasteiger partial charge in [0.15, 0.2) is 0 Å². The summed E-state index contributed by atoms with van der Waals surface area (Å²) in [5.74, 6) is -0.159. The normalized spacial score (nSPS) is 10.0. The zero-order valence-corrected chi connectivity index (χ0v) is 10.2. The predicted molar refractivity (Wildman–Crippen MR) is 70.6 cm³/mol. The lowest BCUT2D eigenvalue weighted by Crippen LogP contribution is -2.12. The minimum absolute atomic E-state index is 0.159. The first-order chi connectivity index (χ1) is 8.15. The quantitative estimate of drug-likeness (QED) is 0.798. The van der Waals surface area contributed by atoms with E-state index in [4.69, 9.17) is 0 Å². The maximum Gasteiger partial charge on any atom is 0.255 e. The Labute approximate surface area is 105 Å². The van der Waals surface area contributed by atoms with Crippen molar-refractivity contribution >= 4 is 24.2 Å². The number of hydrogen-bond donors (Lipinski definition) is 2. The fourth-order valence-corrected chi connectivity index (χ4v) is 1.70. The molecule has 0 atom stereocenters. The minimum Gasteiger partial charge on any atom is -0.321 e. The number of nitrogens with zero attached hydrogens (tertiary/aromatic N) is 1. The molecule has 17 heavy (non-hydrogen) atoms. The van der Waals surface area contributed by atoms with Crippen molar-refractivity contribution in [2.45, 2.75) is 11.8 Å². The van der Waals surface area contributed by atoms with Crippen molar-refractivity contribution in [3.63, 3.8) is 0 Å². The number of anilines is 1. The molecular weight excluding hydrogens is 232 g/mol. The third kappa shape index (κ3) is 3.07. The van der Waals surface area contributed by atoms with Gasteiger partial charge in [0.25, 0.3) is 5.91 Å². The van der Waals surface area contributed by atoms with Gasteiger partial charge in [-0.1, -0.05) is 6.07 Å². The Kier molecular flexibility index (Phi) is 3.44. The molecule has 3 nitrogen and oxygen atoms in total. The van der Waals surface area contributed by atoms with Gasteiger partial charge in [-0.15, -0.1) is 12.6 Å². The summed E-state index contributed by atoms with van der Waals surface area (Å²) >= 11 is 4.20. The lowest BCUT2D eigenvalue weighted by molar-refractivity contribution is 0.102. The zero-order chi connectivity index (χ0) is 12.3. The second kappa shape index (κ2) is 5.01. The fraction of sp³-hybridized carbons (Fsp3) is 0.0769. The summed E-state index contributed by atoms with van der Waals surface area (Å²) in [4.78, 5) is 16.7. The van der Waals surface area contributed by atoms with Gasteiger partial charge in [0.1, 0.15) is 0 Å². The molecule has 0 aliphatic carbocycles. The van der Waals surface area contributed by atoms with Crippen LogP contribution >= 0.6 is 12.6 Å². The van der Waals surface area contributed by atoms with Crippen LogP contribution in [0.3, 0.4) is 0 Å². The van der Waals surface area contributed by atoms with Gasteiger partial charge >= 0.3 is 0 Å². The topological polar surface area (TPSA) is 42.0 Å². The van der Waals surface area contributed by atoms with E-state index in [0.717, 1.165) is 10.5 Å². The van der Waals surface area contributed by atoms with Crippen LogP contribution in [0, 0.1) is 6.92 Å². The Hall–Kier alpha value is -1.81. The Bertz CT molecular complexity index is 555. The van der Waals surface area contributed by atoms with E-state index in [1.165, 1.54) is 0 Å². The van der Waals surface area contributed by atoms with Crippen LogP contribution in [0.5, 0.6) is 0 Å². The van der Waals surface area contributed by atoms with Crippen molar-refractivity contribution in [2.75, 3.05) is 5.32 Å². The van der Waals surface area contributed by atoms with Gasteiger partial charge in [-0.25, -0.2) is 0 Å². The lowest BCUT2D eigenvalue weighted by Gasteiger charge is -2.05. The van der Waals surface area contributed by atoms with E-state index in [-0.39, 0.29) is 5.91 Å². The van der Waals surface area contributed by atoms with Crippen LogP contribution in [0.15, 0.2) is 47.6 Å². The standard InChI is InChI=1S/C13H12N2OS/c1-9-5-11(8-14-7-9)15-13(16)10-3-2-4-12(17)6-10/h2-8,17H,1H3,(H,15,16). The number of carbonyl (C=O) groups is 1. The molecule has 1 N–H and O–H groups in total. The van der Waals surface area contributed by atoms with E-state index in [0.29, 0.717) is 11.3 Å². The number of nitrogens with one attached hydrogen (secondary N) is 1. The van der Waals surface area contributed by atoms with E-state index < -0.39 is 0 Å². The van der Waals surface area contributed by atoms with Gasteiger partial charge in [-0.3, -0.25) is 9.78 Å². The highest BCUT2D eigenvalue weighted by molar-refractivity contribution is 7.80. The average Bonchev–Trinajstić information content (AvgIpc) is 2.29. The molecule has 0 aliphatic heterocycles. The minimum atomic E-state index is -0.159. The highest BCUT2D eigenvalue weighted by atomic mass is 32.1. The molecule has 4 heteroatoms. The molecule has 0 fully saturated rings. The number of benzene rings is 1. The van der Waals surface area contributed by atoms with Gasteiger partial charge in [0.2, 0.25) is 0 Å². The molecular formula is C13H12N2OS. The Morgan fingerprint density at radius 2 is 2.12 bits per heavy atom. The van der Waals surface area contributed by atoms with Gasteiger partial charge in [0, 0.05) is 16.7 Å². The van der Waals surface area contributed by atoms with E-state index >= 15 is 0 Å². The summed E-state index contributed by atoms with van der Waals surface area (Å²) in [5, 5.41) is 2.79. The first kappa shape index (κ1) is 11.7. The maximum atomic E-state index is 11.9. The molecule has 1 amide bonds. The second-order valence-corrected chi connectivity index (χ2v) is 4.27. The first-order valence-corrected chi connectivity index (χ1v) is 5.62. The van der Waals surface area contributed by atoms with Crippen LogP contribution in [0.4, 0.5) is 5.69 Å². The summed E-state index contributed by atoms with van der Waals surface area (Å²) in [7, 11) is 0. The third-order valence-electron chi connectivity index (χ3n) is 2.24. The number of rotatable bonds is 2. The smallest absolute Gasteiger partial charge is 0.255 e. The summed E-state index contributed by atoms with van der Waals surface area (Å²) in [6.07, 6.45) is 3.36. The van der Waals surface area contributed by atoms with E-state index in [1.807, 2.05) is 19.1 Å². The Balaban J connectivity index is 2.17. The lowest BCUT2D eigenvalue weighted by atomic mass is 10.2. The largest absolute Gasteiger partial charge is 0.321 e. The van der Waals surface area contributed by atoms with Crippen LogP contribution in [0.2, 0.25) is 0 Å². The van der Waals surface area contributed by atoms with Crippen LogP contribution < -0.4 is 5.32 Å². The van der Waals surface area contributed by atoms with Crippen LogP contribution in [0.25, 0.3) is 0 Å². The molecule has 0 bridgehead atoms. The summed E-state index contributed by atoms with van der Waals surface area (Å²) < 4.78 is 0. The number of thiol groups is 1. The number of aromatic nitrogens is 1. The van der Waals surface area contributed by atoms with Gasteiger partial charge < -0.3 is 5.32 Å². The van der Waals surface area contributed by atoms with Crippen molar-refractivity contribution < 1.29 is 4.79 Å². The molecule has 0 saturated heterocycles. The molecule has 2 rings (SSSR count). The predicted octanol–water partition coefficient (Wildman–Crippen LogP) is 2.93. The number of pyridine rings is 1. The fourth-order valence-electron chi connectivity index (χ4n) is 1.47. The molecule has 0 aliphatic rings. The van der Waals surface area contributed by atoms with Crippen LogP contribution in [-0.2, 0) is 0 Å².